The van der Waals surface area contributed by atoms with Gasteiger partial charge in [0.2, 0.25) is 0 Å². The van der Waals surface area contributed by atoms with Gasteiger partial charge in [-0.1, -0.05) is 48.5 Å². The standard InChI is InChI=1S/C18H16O/c19-12-17-16-8-4-3-7-15(16)11-18(17)9-13-5-1-2-6-14(13)10-18/h1-8,12,17H,9-11H2. The van der Waals surface area contributed by atoms with Crippen molar-refractivity contribution in [3.63, 3.8) is 0 Å². The zero-order valence-electron chi connectivity index (χ0n) is 10.8. The normalized spacial score (nSPS) is 22.2. The van der Waals surface area contributed by atoms with Crippen LogP contribution in [0, 0.1) is 5.41 Å². The number of fused-ring (bicyclic) bond motifs is 2. The Bertz CT molecular complexity index is 626. The lowest BCUT2D eigenvalue weighted by molar-refractivity contribution is -0.111. The van der Waals surface area contributed by atoms with Crippen molar-refractivity contribution >= 4 is 6.29 Å². The molecule has 0 radical (unpaired) electrons. The van der Waals surface area contributed by atoms with E-state index in [-0.39, 0.29) is 11.3 Å². The molecule has 0 saturated carbocycles. The Balaban J connectivity index is 1.81. The Morgan fingerprint density at radius 1 is 0.842 bits per heavy atom. The quantitative estimate of drug-likeness (QED) is 0.708. The van der Waals surface area contributed by atoms with Gasteiger partial charge in [0.15, 0.2) is 0 Å². The third kappa shape index (κ3) is 1.45. The predicted octanol–water partition coefficient (Wildman–Crippen LogP) is 3.31. The van der Waals surface area contributed by atoms with Crippen LogP contribution >= 0.6 is 0 Å². The molecule has 0 aliphatic heterocycles. The molecule has 2 aliphatic carbocycles. The lowest BCUT2D eigenvalue weighted by atomic mass is 9.74. The van der Waals surface area contributed by atoms with E-state index in [1.807, 2.05) is 0 Å². The molecule has 1 heteroatoms. The van der Waals surface area contributed by atoms with E-state index in [1.54, 1.807) is 0 Å². The monoisotopic (exact) mass is 248 g/mol. The van der Waals surface area contributed by atoms with Crippen LogP contribution in [0.25, 0.3) is 0 Å². The smallest absolute Gasteiger partial charge is 0.128 e. The van der Waals surface area contributed by atoms with E-state index >= 15 is 0 Å². The van der Waals surface area contributed by atoms with Crippen LogP contribution in [0.3, 0.4) is 0 Å². The molecule has 1 spiro atoms. The Morgan fingerprint density at radius 3 is 2.00 bits per heavy atom. The summed E-state index contributed by atoms with van der Waals surface area (Å²) in [4.78, 5) is 11.7. The number of hydrogen-bond acceptors (Lipinski definition) is 1. The molecular weight excluding hydrogens is 232 g/mol. The summed E-state index contributed by atoms with van der Waals surface area (Å²) in [6, 6.07) is 17.1. The minimum absolute atomic E-state index is 0.0658. The van der Waals surface area contributed by atoms with E-state index in [4.69, 9.17) is 0 Å². The second-order valence-electron chi connectivity index (χ2n) is 5.97. The summed E-state index contributed by atoms with van der Waals surface area (Å²) in [5.41, 5.74) is 5.59. The van der Waals surface area contributed by atoms with Gasteiger partial charge in [-0.25, -0.2) is 0 Å². The average Bonchev–Trinajstić information content (AvgIpc) is 2.94. The van der Waals surface area contributed by atoms with Gasteiger partial charge in [-0.05, 0) is 46.9 Å². The number of benzene rings is 2. The largest absolute Gasteiger partial charge is 0.303 e. The zero-order chi connectivity index (χ0) is 12.9. The maximum absolute atomic E-state index is 11.7. The number of rotatable bonds is 1. The van der Waals surface area contributed by atoms with Crippen LogP contribution in [0.15, 0.2) is 48.5 Å². The minimum Gasteiger partial charge on any atom is -0.303 e. The molecule has 1 nitrogen and oxygen atoms in total. The van der Waals surface area contributed by atoms with E-state index in [1.165, 1.54) is 28.5 Å². The van der Waals surface area contributed by atoms with Crippen molar-refractivity contribution in [1.29, 1.82) is 0 Å². The summed E-state index contributed by atoms with van der Waals surface area (Å²) < 4.78 is 0. The van der Waals surface area contributed by atoms with Crippen molar-refractivity contribution in [2.45, 2.75) is 25.2 Å². The molecule has 94 valence electrons. The van der Waals surface area contributed by atoms with Gasteiger partial charge in [0, 0.05) is 5.92 Å². The molecule has 2 aromatic carbocycles. The van der Waals surface area contributed by atoms with Crippen LogP contribution < -0.4 is 0 Å². The van der Waals surface area contributed by atoms with Gasteiger partial charge in [-0.15, -0.1) is 0 Å². The first-order valence-electron chi connectivity index (χ1n) is 6.92. The third-order valence-corrected chi connectivity index (χ3v) is 4.93. The summed E-state index contributed by atoms with van der Waals surface area (Å²) >= 11 is 0. The van der Waals surface area contributed by atoms with Crippen LogP contribution in [0.4, 0.5) is 0 Å². The fourth-order valence-electron chi connectivity index (χ4n) is 4.10. The molecular formula is C18H16O. The summed E-state index contributed by atoms with van der Waals surface area (Å²) in [6.45, 7) is 0. The second kappa shape index (κ2) is 3.80. The molecule has 0 heterocycles. The molecule has 0 N–H and O–H groups in total. The van der Waals surface area contributed by atoms with Crippen LogP contribution in [0.2, 0.25) is 0 Å². The lowest BCUT2D eigenvalue weighted by Crippen LogP contribution is -2.27. The van der Waals surface area contributed by atoms with Gasteiger partial charge in [0.05, 0.1) is 0 Å². The van der Waals surface area contributed by atoms with Gasteiger partial charge >= 0.3 is 0 Å². The van der Waals surface area contributed by atoms with Crippen molar-refractivity contribution < 1.29 is 4.79 Å². The van der Waals surface area contributed by atoms with E-state index in [9.17, 15) is 4.79 Å². The maximum Gasteiger partial charge on any atom is 0.128 e. The van der Waals surface area contributed by atoms with E-state index in [0.717, 1.165) is 19.3 Å². The molecule has 19 heavy (non-hydrogen) atoms. The third-order valence-electron chi connectivity index (χ3n) is 4.93. The number of carbonyl (C=O) groups excluding carboxylic acids is 1. The SMILES string of the molecule is O=CC1c2ccccc2CC12Cc1ccccc1C2. The Morgan fingerprint density at radius 2 is 1.37 bits per heavy atom. The highest BCUT2D eigenvalue weighted by Crippen LogP contribution is 2.53. The fourth-order valence-corrected chi connectivity index (χ4v) is 4.10. The fraction of sp³-hybridized carbons (Fsp3) is 0.278. The van der Waals surface area contributed by atoms with E-state index < -0.39 is 0 Å². The number of carbonyl (C=O) groups is 1. The first kappa shape index (κ1) is 11.0. The molecule has 2 aromatic rings. The number of hydrogen-bond donors (Lipinski definition) is 0. The van der Waals surface area contributed by atoms with Crippen molar-refractivity contribution in [3.05, 3.63) is 70.8 Å². The maximum atomic E-state index is 11.7. The van der Waals surface area contributed by atoms with Crippen molar-refractivity contribution in [2.24, 2.45) is 5.41 Å². The lowest BCUT2D eigenvalue weighted by Gasteiger charge is -2.27. The van der Waals surface area contributed by atoms with Gasteiger partial charge in [0.25, 0.3) is 0 Å². The van der Waals surface area contributed by atoms with Crippen LogP contribution in [0.5, 0.6) is 0 Å². The molecule has 0 aromatic heterocycles. The Kier molecular flexibility index (Phi) is 2.20. The summed E-state index contributed by atoms with van der Waals surface area (Å²) in [6.07, 6.45) is 4.31. The molecule has 1 atom stereocenters. The van der Waals surface area contributed by atoms with Crippen molar-refractivity contribution in [1.82, 2.24) is 0 Å². The van der Waals surface area contributed by atoms with Crippen LogP contribution in [-0.4, -0.2) is 6.29 Å². The van der Waals surface area contributed by atoms with Crippen molar-refractivity contribution in [3.8, 4) is 0 Å². The summed E-state index contributed by atoms with van der Waals surface area (Å²) in [5.74, 6) is 0.0658. The second-order valence-corrected chi connectivity index (χ2v) is 5.97. The predicted molar refractivity (Wildman–Crippen MR) is 75.2 cm³/mol. The van der Waals surface area contributed by atoms with E-state index in [2.05, 4.69) is 48.5 Å². The first-order chi connectivity index (χ1) is 9.32. The van der Waals surface area contributed by atoms with Gasteiger partial charge < -0.3 is 4.79 Å². The topological polar surface area (TPSA) is 17.1 Å². The first-order valence-corrected chi connectivity index (χ1v) is 6.92. The highest BCUT2D eigenvalue weighted by Gasteiger charge is 2.48. The summed E-state index contributed by atoms with van der Waals surface area (Å²) in [7, 11) is 0. The zero-order valence-corrected chi connectivity index (χ0v) is 10.8. The minimum atomic E-state index is 0.0658. The van der Waals surface area contributed by atoms with Gasteiger partial charge in [-0.3, -0.25) is 0 Å². The van der Waals surface area contributed by atoms with Crippen LogP contribution in [0.1, 0.15) is 28.2 Å². The highest BCUT2D eigenvalue weighted by atomic mass is 16.1. The molecule has 0 bridgehead atoms. The van der Waals surface area contributed by atoms with E-state index in [0.29, 0.717) is 0 Å². The molecule has 1 unspecified atom stereocenters. The Hall–Kier alpha value is -1.89. The molecule has 0 amide bonds. The number of aldehydes is 1. The molecule has 4 rings (SSSR count). The van der Waals surface area contributed by atoms with Crippen LogP contribution in [-0.2, 0) is 24.1 Å². The Labute approximate surface area is 113 Å². The van der Waals surface area contributed by atoms with Gasteiger partial charge in [-0.2, -0.15) is 0 Å². The summed E-state index contributed by atoms with van der Waals surface area (Å²) in [5, 5.41) is 0. The van der Waals surface area contributed by atoms with Gasteiger partial charge in [0.1, 0.15) is 6.29 Å². The molecule has 0 saturated heterocycles. The van der Waals surface area contributed by atoms with Crippen molar-refractivity contribution in [2.75, 3.05) is 0 Å². The highest BCUT2D eigenvalue weighted by molar-refractivity contribution is 5.69. The molecule has 0 fully saturated rings. The molecule has 2 aliphatic rings. The average molecular weight is 248 g/mol.